The van der Waals surface area contributed by atoms with Crippen molar-refractivity contribution in [2.75, 3.05) is 18.1 Å². The largest absolute Gasteiger partial charge is 0.351 e. The van der Waals surface area contributed by atoms with E-state index >= 15 is 0 Å². The van der Waals surface area contributed by atoms with Crippen molar-refractivity contribution in [2.24, 2.45) is 5.41 Å². The first-order valence-corrected chi connectivity index (χ1v) is 9.32. The van der Waals surface area contributed by atoms with Crippen LogP contribution in [0.4, 0.5) is 15.8 Å². The van der Waals surface area contributed by atoms with Gasteiger partial charge in [0.15, 0.2) is 6.29 Å². The van der Waals surface area contributed by atoms with Crippen LogP contribution in [0.1, 0.15) is 30.9 Å². The molecule has 1 saturated heterocycles. The number of amides is 1. The maximum absolute atomic E-state index is 13.3. The molecule has 1 fully saturated rings. The highest BCUT2D eigenvalue weighted by Gasteiger charge is 2.46. The fraction of sp³-hybridized carbons (Fsp3) is 0.381. The Labute approximate surface area is 167 Å². The average Bonchev–Trinajstić information content (AvgIpc) is 2.95. The second-order valence-corrected chi connectivity index (χ2v) is 8.18. The molecule has 2 aliphatic rings. The summed E-state index contributed by atoms with van der Waals surface area (Å²) in [7, 11) is 0. The summed E-state index contributed by atoms with van der Waals surface area (Å²) >= 11 is 0. The number of nitro benzene ring substituents is 1. The highest BCUT2D eigenvalue weighted by molar-refractivity contribution is 6.05. The molecule has 8 heteroatoms. The Bertz CT molecular complexity index is 950. The lowest BCUT2D eigenvalue weighted by molar-refractivity contribution is -0.384. The Hall–Kier alpha value is -2.84. The molecule has 0 bridgehead atoms. The summed E-state index contributed by atoms with van der Waals surface area (Å²) in [5.74, 6) is -1.40. The molecular weight excluding hydrogens is 379 g/mol. The predicted octanol–water partition coefficient (Wildman–Crippen LogP) is 3.76. The molecule has 2 aliphatic heterocycles. The molecule has 2 heterocycles. The number of carbonyl (C=O) groups is 1. The van der Waals surface area contributed by atoms with Gasteiger partial charge >= 0.3 is 0 Å². The number of fused-ring (bicyclic) bond motifs is 1. The Morgan fingerprint density at radius 3 is 2.45 bits per heavy atom. The van der Waals surface area contributed by atoms with E-state index in [9.17, 15) is 19.3 Å². The van der Waals surface area contributed by atoms with Gasteiger partial charge in [0, 0.05) is 28.8 Å². The first-order chi connectivity index (χ1) is 13.7. The van der Waals surface area contributed by atoms with Crippen molar-refractivity contribution in [3.8, 4) is 0 Å². The van der Waals surface area contributed by atoms with Crippen molar-refractivity contribution in [3.63, 3.8) is 0 Å². The minimum Gasteiger partial charge on any atom is -0.351 e. The first-order valence-electron chi connectivity index (χ1n) is 9.32. The van der Waals surface area contributed by atoms with Crippen LogP contribution < -0.4 is 4.90 Å². The van der Waals surface area contributed by atoms with E-state index in [-0.39, 0.29) is 29.4 Å². The van der Waals surface area contributed by atoms with Crippen molar-refractivity contribution in [1.82, 2.24) is 0 Å². The topological polar surface area (TPSA) is 81.9 Å². The van der Waals surface area contributed by atoms with Crippen LogP contribution in [0.25, 0.3) is 0 Å². The lowest BCUT2D eigenvalue weighted by atomic mass is 9.93. The van der Waals surface area contributed by atoms with Gasteiger partial charge < -0.3 is 14.4 Å². The van der Waals surface area contributed by atoms with Crippen LogP contribution in [0, 0.1) is 21.3 Å². The van der Waals surface area contributed by atoms with Gasteiger partial charge in [0.25, 0.3) is 5.69 Å². The number of hydrogen-bond donors (Lipinski definition) is 0. The summed E-state index contributed by atoms with van der Waals surface area (Å²) in [5, 5.41) is 11.3. The van der Waals surface area contributed by atoms with Crippen molar-refractivity contribution < 1.29 is 23.6 Å². The van der Waals surface area contributed by atoms with Gasteiger partial charge in [-0.25, -0.2) is 4.39 Å². The summed E-state index contributed by atoms with van der Waals surface area (Å²) in [6.45, 7) is 5.06. The molecule has 152 valence electrons. The molecule has 0 N–H and O–H groups in total. The van der Waals surface area contributed by atoms with Crippen molar-refractivity contribution in [1.29, 1.82) is 0 Å². The zero-order chi connectivity index (χ0) is 20.8. The van der Waals surface area contributed by atoms with Crippen molar-refractivity contribution in [2.45, 2.75) is 32.6 Å². The van der Waals surface area contributed by atoms with Crippen LogP contribution >= 0.6 is 0 Å². The summed E-state index contributed by atoms with van der Waals surface area (Å²) in [6.07, 6.45) is -0.811. The van der Waals surface area contributed by atoms with Gasteiger partial charge in [-0.15, -0.1) is 0 Å². The van der Waals surface area contributed by atoms with Crippen LogP contribution in [-0.4, -0.2) is 30.3 Å². The van der Waals surface area contributed by atoms with Crippen LogP contribution in [0.3, 0.4) is 0 Å². The number of ether oxygens (including phenoxy) is 2. The van der Waals surface area contributed by atoms with Crippen molar-refractivity contribution in [3.05, 3.63) is 69.5 Å². The fourth-order valence-corrected chi connectivity index (χ4v) is 3.67. The van der Waals surface area contributed by atoms with Gasteiger partial charge in [-0.05, 0) is 23.8 Å². The van der Waals surface area contributed by atoms with E-state index in [0.717, 1.165) is 5.56 Å². The maximum atomic E-state index is 13.3. The maximum Gasteiger partial charge on any atom is 0.269 e. The van der Waals surface area contributed by atoms with Crippen molar-refractivity contribution >= 4 is 17.3 Å². The molecule has 0 saturated carbocycles. The van der Waals surface area contributed by atoms with E-state index in [1.807, 2.05) is 13.8 Å². The number of carbonyl (C=O) groups excluding carboxylic acids is 1. The molecule has 0 radical (unpaired) electrons. The highest BCUT2D eigenvalue weighted by atomic mass is 19.1. The second-order valence-electron chi connectivity index (χ2n) is 8.18. The predicted molar refractivity (Wildman–Crippen MR) is 103 cm³/mol. The fourth-order valence-electron chi connectivity index (χ4n) is 3.67. The van der Waals surface area contributed by atoms with Gasteiger partial charge in [0.05, 0.1) is 24.7 Å². The molecule has 1 atom stereocenters. The number of anilines is 1. The zero-order valence-corrected chi connectivity index (χ0v) is 16.1. The minimum atomic E-state index is -0.811. The summed E-state index contributed by atoms with van der Waals surface area (Å²) in [6, 6.07) is 10.2. The van der Waals surface area contributed by atoms with Gasteiger partial charge in [0.2, 0.25) is 5.91 Å². The molecule has 1 amide bonds. The third kappa shape index (κ3) is 3.73. The van der Waals surface area contributed by atoms with Gasteiger partial charge in [-0.3, -0.25) is 14.9 Å². The molecule has 2 aromatic carbocycles. The average molecular weight is 400 g/mol. The summed E-state index contributed by atoms with van der Waals surface area (Å²) < 4.78 is 24.9. The Morgan fingerprint density at radius 2 is 1.83 bits per heavy atom. The number of hydrogen-bond acceptors (Lipinski definition) is 5. The summed E-state index contributed by atoms with van der Waals surface area (Å²) in [4.78, 5) is 25.6. The molecule has 0 aromatic heterocycles. The number of nitro groups is 1. The van der Waals surface area contributed by atoms with E-state index in [1.165, 1.54) is 24.3 Å². The molecule has 0 aliphatic carbocycles. The first kappa shape index (κ1) is 19.5. The van der Waals surface area contributed by atoms with Crippen LogP contribution in [0.2, 0.25) is 0 Å². The SMILES string of the molecule is CC1(C)COC(C2C(=O)N(Cc3ccc(F)cc3)c3ccc([N+](=O)[O-])cc32)OC1. The molecule has 1 unspecified atom stereocenters. The zero-order valence-electron chi connectivity index (χ0n) is 16.1. The van der Waals surface area contributed by atoms with Gasteiger partial charge in [0.1, 0.15) is 11.7 Å². The van der Waals surface area contributed by atoms with Crippen LogP contribution in [-0.2, 0) is 20.8 Å². The summed E-state index contributed by atoms with van der Waals surface area (Å²) in [5.41, 5.74) is 1.57. The lowest BCUT2D eigenvalue weighted by Crippen LogP contribution is -2.43. The molecule has 2 aromatic rings. The van der Waals surface area contributed by atoms with Gasteiger partial charge in [-0.2, -0.15) is 0 Å². The van der Waals surface area contributed by atoms with Crippen LogP contribution in [0.15, 0.2) is 42.5 Å². The molecule has 4 rings (SSSR count). The Balaban J connectivity index is 1.69. The van der Waals surface area contributed by atoms with E-state index in [0.29, 0.717) is 24.5 Å². The third-order valence-electron chi connectivity index (χ3n) is 5.18. The van der Waals surface area contributed by atoms with E-state index in [1.54, 1.807) is 23.1 Å². The van der Waals surface area contributed by atoms with Gasteiger partial charge in [-0.1, -0.05) is 26.0 Å². The molecular formula is C21H21FN2O5. The minimum absolute atomic E-state index is 0.0960. The number of rotatable bonds is 4. The number of nitrogens with zero attached hydrogens (tertiary/aromatic N) is 2. The lowest BCUT2D eigenvalue weighted by Gasteiger charge is -2.36. The normalized spacial score (nSPS) is 21.3. The molecule has 0 spiro atoms. The van der Waals surface area contributed by atoms with E-state index in [2.05, 4.69) is 0 Å². The van der Waals surface area contributed by atoms with E-state index in [4.69, 9.17) is 9.47 Å². The second kappa shape index (κ2) is 7.20. The number of non-ortho nitro benzene ring substituents is 1. The molecule has 29 heavy (non-hydrogen) atoms. The number of halogens is 1. The smallest absolute Gasteiger partial charge is 0.269 e. The van der Waals surface area contributed by atoms with E-state index < -0.39 is 17.1 Å². The standard InChI is InChI=1S/C21H21FN2O5/c1-21(2)11-28-20(29-12-21)18-16-9-15(24(26)27)7-8-17(16)23(19(18)25)10-13-3-5-14(22)6-4-13/h3-9,18,20H,10-12H2,1-2H3. The Morgan fingerprint density at radius 1 is 1.17 bits per heavy atom. The third-order valence-corrected chi connectivity index (χ3v) is 5.18. The Kier molecular flexibility index (Phi) is 4.84. The highest BCUT2D eigenvalue weighted by Crippen LogP contribution is 2.44. The molecule has 7 nitrogen and oxygen atoms in total. The monoisotopic (exact) mass is 400 g/mol. The van der Waals surface area contributed by atoms with Crippen LogP contribution in [0.5, 0.6) is 0 Å². The quantitative estimate of drug-likeness (QED) is 0.577. The number of benzene rings is 2.